The molecule has 2 aliphatic rings. The van der Waals surface area contributed by atoms with Gasteiger partial charge in [0.15, 0.2) is 0 Å². The van der Waals surface area contributed by atoms with Gasteiger partial charge >= 0.3 is 0 Å². The molecule has 1 unspecified atom stereocenters. The first-order chi connectivity index (χ1) is 6.03. The molecule has 13 heavy (non-hydrogen) atoms. The highest BCUT2D eigenvalue weighted by Gasteiger charge is 2.52. The van der Waals surface area contributed by atoms with Crippen molar-refractivity contribution in [3.63, 3.8) is 0 Å². The van der Waals surface area contributed by atoms with Gasteiger partial charge in [-0.1, -0.05) is 20.8 Å². The van der Waals surface area contributed by atoms with Gasteiger partial charge in [0.2, 0.25) is 0 Å². The van der Waals surface area contributed by atoms with E-state index in [9.17, 15) is 0 Å². The minimum Gasteiger partial charge on any atom is -0.299 e. The van der Waals surface area contributed by atoms with Crippen LogP contribution >= 0.6 is 0 Å². The predicted octanol–water partition coefficient (Wildman–Crippen LogP) is 2.22. The average molecular weight is 180 g/mol. The van der Waals surface area contributed by atoms with Gasteiger partial charge in [0, 0.05) is 25.2 Å². The summed E-state index contributed by atoms with van der Waals surface area (Å²) in [6, 6.07) is 0. The lowest BCUT2D eigenvalue weighted by Crippen LogP contribution is -2.28. The molecule has 0 radical (unpaired) electrons. The van der Waals surface area contributed by atoms with E-state index in [2.05, 4.69) is 44.1 Å². The highest BCUT2D eigenvalue weighted by Crippen LogP contribution is 2.54. The molecule has 0 aromatic rings. The van der Waals surface area contributed by atoms with Crippen molar-refractivity contribution in [1.82, 2.24) is 5.01 Å². The van der Waals surface area contributed by atoms with Gasteiger partial charge in [-0.15, -0.1) is 0 Å². The maximum atomic E-state index is 4.35. The number of rotatable bonds is 2. The molecule has 1 aliphatic carbocycles. The van der Waals surface area contributed by atoms with Gasteiger partial charge in [0.1, 0.15) is 0 Å². The predicted molar refractivity (Wildman–Crippen MR) is 55.7 cm³/mol. The first-order valence-corrected chi connectivity index (χ1v) is 5.29. The van der Waals surface area contributed by atoms with Crippen LogP contribution < -0.4 is 0 Å². The van der Waals surface area contributed by atoms with Crippen LogP contribution in [0.2, 0.25) is 0 Å². The van der Waals surface area contributed by atoms with Crippen LogP contribution in [0, 0.1) is 23.2 Å². The molecule has 1 aliphatic heterocycles. The van der Waals surface area contributed by atoms with E-state index in [4.69, 9.17) is 0 Å². The van der Waals surface area contributed by atoms with E-state index in [0.717, 1.165) is 24.3 Å². The van der Waals surface area contributed by atoms with Crippen LogP contribution in [0.1, 0.15) is 27.2 Å². The highest BCUT2D eigenvalue weighted by atomic mass is 15.5. The average Bonchev–Trinajstić information content (AvgIpc) is 2.75. The second-order valence-corrected chi connectivity index (χ2v) is 5.32. The smallest absolute Gasteiger partial charge is 0.0463 e. The molecule has 74 valence electrons. The van der Waals surface area contributed by atoms with Crippen molar-refractivity contribution in [3.05, 3.63) is 0 Å². The van der Waals surface area contributed by atoms with Crippen molar-refractivity contribution < 1.29 is 0 Å². The molecule has 2 nitrogen and oxygen atoms in total. The van der Waals surface area contributed by atoms with Crippen LogP contribution in [0.4, 0.5) is 0 Å². The van der Waals surface area contributed by atoms with E-state index in [-0.39, 0.29) is 0 Å². The van der Waals surface area contributed by atoms with Crippen LogP contribution in [0.15, 0.2) is 5.10 Å². The first kappa shape index (κ1) is 9.04. The van der Waals surface area contributed by atoms with Gasteiger partial charge in [0.25, 0.3) is 0 Å². The van der Waals surface area contributed by atoms with Crippen LogP contribution in [0.3, 0.4) is 0 Å². The maximum absolute atomic E-state index is 4.35. The number of nitrogens with zero attached hydrogens (tertiary/aromatic N) is 2. The number of hydrogen-bond acceptors (Lipinski definition) is 2. The Morgan fingerprint density at radius 2 is 2.23 bits per heavy atom. The molecule has 0 aromatic heterocycles. The molecular weight excluding hydrogens is 160 g/mol. The quantitative estimate of drug-likeness (QED) is 0.636. The van der Waals surface area contributed by atoms with Crippen molar-refractivity contribution in [3.8, 4) is 0 Å². The third kappa shape index (κ3) is 1.47. The fraction of sp³-hybridized carbons (Fsp3) is 0.909. The van der Waals surface area contributed by atoms with Crippen LogP contribution in [0.5, 0.6) is 0 Å². The fourth-order valence-electron chi connectivity index (χ4n) is 2.73. The summed E-state index contributed by atoms with van der Waals surface area (Å²) >= 11 is 0. The number of hydrazone groups is 1. The van der Waals surface area contributed by atoms with Crippen molar-refractivity contribution in [2.24, 2.45) is 28.3 Å². The summed E-state index contributed by atoms with van der Waals surface area (Å²) in [5, 5.41) is 6.42. The summed E-state index contributed by atoms with van der Waals surface area (Å²) in [5.41, 5.74) is 0.365. The Labute approximate surface area is 81.0 Å². The zero-order valence-corrected chi connectivity index (χ0v) is 9.12. The molecule has 0 amide bonds. The van der Waals surface area contributed by atoms with Gasteiger partial charge in [-0.25, -0.2) is 0 Å². The lowest BCUT2D eigenvalue weighted by Gasteiger charge is -2.22. The lowest BCUT2D eigenvalue weighted by molar-refractivity contribution is 0.266. The number of hydrogen-bond donors (Lipinski definition) is 0. The van der Waals surface area contributed by atoms with E-state index in [1.54, 1.807) is 0 Å². The van der Waals surface area contributed by atoms with Crippen molar-refractivity contribution >= 4 is 6.21 Å². The summed E-state index contributed by atoms with van der Waals surface area (Å²) in [6.45, 7) is 8.14. The molecule has 1 fully saturated rings. The highest BCUT2D eigenvalue weighted by molar-refractivity contribution is 5.68. The van der Waals surface area contributed by atoms with Gasteiger partial charge in [0.05, 0.1) is 0 Å². The Hall–Kier alpha value is -0.530. The monoisotopic (exact) mass is 180 g/mol. The molecule has 0 spiro atoms. The molecule has 0 saturated heterocycles. The Balaban J connectivity index is 2.00. The van der Waals surface area contributed by atoms with Crippen molar-refractivity contribution in [1.29, 1.82) is 0 Å². The van der Waals surface area contributed by atoms with Gasteiger partial charge in [-0.3, -0.25) is 5.01 Å². The van der Waals surface area contributed by atoms with Gasteiger partial charge < -0.3 is 0 Å². The summed E-state index contributed by atoms with van der Waals surface area (Å²) in [5.74, 6) is 2.69. The minimum atomic E-state index is 0.365. The molecule has 0 N–H and O–H groups in total. The van der Waals surface area contributed by atoms with Crippen molar-refractivity contribution in [2.45, 2.75) is 27.2 Å². The Kier molecular flexibility index (Phi) is 1.90. The third-order valence-electron chi connectivity index (χ3n) is 3.66. The van der Waals surface area contributed by atoms with Crippen LogP contribution in [-0.2, 0) is 0 Å². The van der Waals surface area contributed by atoms with E-state index in [1.165, 1.54) is 6.42 Å². The van der Waals surface area contributed by atoms with Crippen LogP contribution in [0.25, 0.3) is 0 Å². The summed E-state index contributed by atoms with van der Waals surface area (Å²) < 4.78 is 0. The van der Waals surface area contributed by atoms with Gasteiger partial charge in [-0.2, -0.15) is 5.10 Å². The summed E-state index contributed by atoms with van der Waals surface area (Å²) in [4.78, 5) is 0. The largest absolute Gasteiger partial charge is 0.299 e. The minimum absolute atomic E-state index is 0.365. The topological polar surface area (TPSA) is 15.6 Å². The first-order valence-electron chi connectivity index (χ1n) is 5.29. The van der Waals surface area contributed by atoms with E-state index in [0.29, 0.717) is 5.41 Å². The Morgan fingerprint density at radius 1 is 1.54 bits per heavy atom. The second kappa shape index (κ2) is 2.73. The molecule has 0 aromatic carbocycles. The molecule has 1 saturated carbocycles. The van der Waals surface area contributed by atoms with E-state index in [1.807, 2.05) is 0 Å². The molecule has 2 heteroatoms. The molecule has 1 heterocycles. The van der Waals surface area contributed by atoms with Crippen molar-refractivity contribution in [2.75, 3.05) is 13.6 Å². The third-order valence-corrected chi connectivity index (χ3v) is 3.66. The molecule has 0 bridgehead atoms. The molecular formula is C11H20N2. The zero-order chi connectivity index (χ0) is 9.64. The normalized spacial score (nSPS) is 43.3. The SMILES string of the molecule is CC(C)[C@@H]1C[C@H]1C1(C)C=NN(C)C1. The van der Waals surface area contributed by atoms with Gasteiger partial charge in [-0.05, 0) is 24.2 Å². The Bertz CT molecular complexity index is 234. The molecule has 3 atom stereocenters. The lowest BCUT2D eigenvalue weighted by atomic mass is 9.84. The standard InChI is InChI=1S/C11H20N2/c1-8(2)9-5-10(9)11(3)6-12-13(4)7-11/h6,8-10H,5,7H2,1-4H3/t9-,10+,11?/m0/s1. The van der Waals surface area contributed by atoms with E-state index >= 15 is 0 Å². The zero-order valence-electron chi connectivity index (χ0n) is 9.12. The molecule has 2 rings (SSSR count). The van der Waals surface area contributed by atoms with E-state index < -0.39 is 0 Å². The Morgan fingerprint density at radius 3 is 2.62 bits per heavy atom. The maximum Gasteiger partial charge on any atom is 0.0463 e. The summed E-state index contributed by atoms with van der Waals surface area (Å²) in [7, 11) is 2.06. The second-order valence-electron chi connectivity index (χ2n) is 5.32. The fourth-order valence-corrected chi connectivity index (χ4v) is 2.73. The van der Waals surface area contributed by atoms with Crippen LogP contribution in [-0.4, -0.2) is 24.8 Å². The summed E-state index contributed by atoms with van der Waals surface area (Å²) in [6.07, 6.45) is 3.58.